The molecule has 0 spiro atoms. The summed E-state index contributed by atoms with van der Waals surface area (Å²) in [6.45, 7) is 8.34. The lowest BCUT2D eigenvalue weighted by Gasteiger charge is -2.38. The first kappa shape index (κ1) is 17.7. The summed E-state index contributed by atoms with van der Waals surface area (Å²) in [5.74, 6) is 1.26. The lowest BCUT2D eigenvalue weighted by Crippen LogP contribution is -2.33. The lowest BCUT2D eigenvalue weighted by molar-refractivity contribution is -0.113. The van der Waals surface area contributed by atoms with Crippen molar-refractivity contribution in [2.24, 2.45) is 5.92 Å². The number of carbonyl (C=O) groups is 1. The molecule has 0 aromatic heterocycles. The average Bonchev–Trinajstić information content (AvgIpc) is 2.64. The van der Waals surface area contributed by atoms with Gasteiger partial charge in [-0.05, 0) is 50.1 Å². The number of anilines is 1. The maximum absolute atomic E-state index is 11.7. The number of aldehydes is 1. The molecule has 2 unspecified atom stereocenters. The van der Waals surface area contributed by atoms with Gasteiger partial charge in [0.25, 0.3) is 0 Å². The third-order valence-electron chi connectivity index (χ3n) is 5.38. The monoisotopic (exact) mass is 363 g/mol. The summed E-state index contributed by atoms with van der Waals surface area (Å²) in [6.07, 6.45) is 2.87. The van der Waals surface area contributed by atoms with E-state index in [2.05, 4.69) is 44.3 Å². The molecule has 2 heterocycles. The van der Waals surface area contributed by atoms with Crippen LogP contribution >= 0.6 is 0 Å². The summed E-state index contributed by atoms with van der Waals surface area (Å²) in [4.78, 5) is 11.7. The van der Waals surface area contributed by atoms with Crippen LogP contribution in [0, 0.1) is 5.92 Å². The molecule has 0 amide bonds. The molecule has 0 bridgehead atoms. The Hall–Kier alpha value is -2.75. The van der Waals surface area contributed by atoms with Crippen molar-refractivity contribution in [3.8, 4) is 22.6 Å². The van der Waals surface area contributed by atoms with Crippen LogP contribution in [-0.2, 0) is 4.79 Å². The predicted octanol–water partition coefficient (Wildman–Crippen LogP) is 5.24. The van der Waals surface area contributed by atoms with E-state index in [-0.39, 0.29) is 17.6 Å². The predicted molar refractivity (Wildman–Crippen MR) is 108 cm³/mol. The van der Waals surface area contributed by atoms with Crippen molar-refractivity contribution in [2.75, 3.05) is 12.4 Å². The number of hydrogen-bond donors (Lipinski definition) is 1. The molecule has 1 N–H and O–H groups in total. The van der Waals surface area contributed by atoms with Crippen LogP contribution in [0.25, 0.3) is 16.7 Å². The number of nitrogens with one attached hydrogen (secondary N) is 1. The standard InChI is InChI=1S/C23H25NO3/c1-13-11-23(3,4)24-16-10-9-15-20-17(26-5)7-6-8-18(20)27-22(14(2)12-25)21(15)19(13)16/h6-12,14,22,24H,1-5H3. The van der Waals surface area contributed by atoms with Gasteiger partial charge < -0.3 is 19.6 Å². The number of methoxy groups -OCH3 is 1. The van der Waals surface area contributed by atoms with Crippen molar-refractivity contribution < 1.29 is 14.3 Å². The quantitative estimate of drug-likeness (QED) is 0.758. The molecule has 2 atom stereocenters. The molecule has 0 aliphatic carbocycles. The maximum atomic E-state index is 11.7. The minimum atomic E-state index is -0.335. The van der Waals surface area contributed by atoms with Gasteiger partial charge >= 0.3 is 0 Å². The second-order valence-corrected chi connectivity index (χ2v) is 7.99. The highest BCUT2D eigenvalue weighted by molar-refractivity contribution is 5.91. The molecule has 0 saturated heterocycles. The molecular weight excluding hydrogens is 338 g/mol. The third kappa shape index (κ3) is 2.71. The fraction of sp³-hybridized carbons (Fsp3) is 0.348. The van der Waals surface area contributed by atoms with Crippen molar-refractivity contribution >= 4 is 17.5 Å². The highest BCUT2D eigenvalue weighted by Crippen LogP contribution is 2.53. The van der Waals surface area contributed by atoms with Crippen LogP contribution in [0.4, 0.5) is 5.69 Å². The summed E-state index contributed by atoms with van der Waals surface area (Å²) in [5, 5.41) is 3.60. The van der Waals surface area contributed by atoms with Gasteiger partial charge in [-0.2, -0.15) is 0 Å². The van der Waals surface area contributed by atoms with Crippen molar-refractivity contribution in [1.29, 1.82) is 0 Å². The highest BCUT2D eigenvalue weighted by Gasteiger charge is 2.37. The lowest BCUT2D eigenvalue weighted by atomic mass is 9.79. The van der Waals surface area contributed by atoms with Gasteiger partial charge in [-0.25, -0.2) is 0 Å². The minimum Gasteiger partial charge on any atom is -0.496 e. The number of fused-ring (bicyclic) bond motifs is 5. The minimum absolute atomic E-state index is 0.123. The van der Waals surface area contributed by atoms with Gasteiger partial charge in [-0.3, -0.25) is 0 Å². The molecule has 2 aromatic carbocycles. The van der Waals surface area contributed by atoms with Crippen LogP contribution in [-0.4, -0.2) is 18.9 Å². The van der Waals surface area contributed by atoms with Gasteiger partial charge in [0.2, 0.25) is 0 Å². The van der Waals surface area contributed by atoms with Crippen molar-refractivity contribution in [3.05, 3.63) is 47.5 Å². The average molecular weight is 363 g/mol. The van der Waals surface area contributed by atoms with E-state index in [9.17, 15) is 4.79 Å². The Morgan fingerprint density at radius 1 is 1.22 bits per heavy atom. The zero-order chi connectivity index (χ0) is 19.3. The van der Waals surface area contributed by atoms with Gasteiger partial charge in [-0.1, -0.05) is 25.1 Å². The third-order valence-corrected chi connectivity index (χ3v) is 5.38. The van der Waals surface area contributed by atoms with Gasteiger partial charge in [0.1, 0.15) is 23.9 Å². The molecule has 2 aliphatic rings. The topological polar surface area (TPSA) is 47.6 Å². The molecule has 4 nitrogen and oxygen atoms in total. The van der Waals surface area contributed by atoms with Crippen molar-refractivity contribution in [3.63, 3.8) is 0 Å². The Balaban J connectivity index is 2.05. The van der Waals surface area contributed by atoms with Crippen LogP contribution in [0.15, 0.2) is 36.4 Å². The maximum Gasteiger partial charge on any atom is 0.134 e. The van der Waals surface area contributed by atoms with Crippen LogP contribution in [0.3, 0.4) is 0 Å². The van der Waals surface area contributed by atoms with E-state index < -0.39 is 0 Å². The molecule has 0 radical (unpaired) electrons. The Kier molecular flexibility index (Phi) is 4.02. The van der Waals surface area contributed by atoms with E-state index in [1.54, 1.807) is 7.11 Å². The van der Waals surface area contributed by atoms with E-state index in [4.69, 9.17) is 9.47 Å². The molecule has 140 valence electrons. The molecule has 4 heteroatoms. The number of benzene rings is 2. The van der Waals surface area contributed by atoms with Crippen molar-refractivity contribution in [1.82, 2.24) is 0 Å². The van der Waals surface area contributed by atoms with E-state index in [1.807, 2.05) is 25.1 Å². The van der Waals surface area contributed by atoms with Gasteiger partial charge in [0.15, 0.2) is 0 Å². The second kappa shape index (κ2) is 6.15. The Morgan fingerprint density at radius 3 is 2.70 bits per heavy atom. The van der Waals surface area contributed by atoms with Crippen LogP contribution < -0.4 is 14.8 Å². The Morgan fingerprint density at radius 2 is 2.00 bits per heavy atom. The van der Waals surface area contributed by atoms with Crippen molar-refractivity contribution in [2.45, 2.75) is 39.3 Å². The Labute approximate surface area is 160 Å². The smallest absolute Gasteiger partial charge is 0.134 e. The van der Waals surface area contributed by atoms with Crippen LogP contribution in [0.1, 0.15) is 44.9 Å². The van der Waals surface area contributed by atoms with Gasteiger partial charge in [0, 0.05) is 16.8 Å². The molecule has 2 aromatic rings. The van der Waals surface area contributed by atoms with Gasteiger partial charge in [-0.15, -0.1) is 0 Å². The van der Waals surface area contributed by atoms with E-state index in [1.165, 1.54) is 5.57 Å². The zero-order valence-corrected chi connectivity index (χ0v) is 16.4. The first-order chi connectivity index (χ1) is 12.9. The fourth-order valence-electron chi connectivity index (χ4n) is 4.34. The molecule has 4 rings (SSSR count). The second-order valence-electron chi connectivity index (χ2n) is 7.99. The fourth-order valence-corrected chi connectivity index (χ4v) is 4.34. The summed E-state index contributed by atoms with van der Waals surface area (Å²) >= 11 is 0. The van der Waals surface area contributed by atoms with Crippen LogP contribution in [0.2, 0.25) is 0 Å². The summed E-state index contributed by atoms with van der Waals surface area (Å²) in [5.41, 5.74) is 6.34. The number of ether oxygens (including phenoxy) is 2. The van der Waals surface area contributed by atoms with E-state index in [0.717, 1.165) is 45.7 Å². The SMILES string of the molecule is COc1cccc2c1-c1ccc3c(c1C(C(C)C=O)O2)C(C)=CC(C)(C)N3. The largest absolute Gasteiger partial charge is 0.496 e. The first-order valence-corrected chi connectivity index (χ1v) is 9.30. The number of rotatable bonds is 3. The summed E-state index contributed by atoms with van der Waals surface area (Å²) in [7, 11) is 1.67. The molecule has 2 aliphatic heterocycles. The molecule has 27 heavy (non-hydrogen) atoms. The summed E-state index contributed by atoms with van der Waals surface area (Å²) < 4.78 is 12.0. The number of allylic oxidation sites excluding steroid dienone is 1. The highest BCUT2D eigenvalue weighted by atomic mass is 16.5. The molecule has 0 saturated carbocycles. The first-order valence-electron chi connectivity index (χ1n) is 9.30. The normalized spacial score (nSPS) is 20.0. The van der Waals surface area contributed by atoms with E-state index >= 15 is 0 Å². The molecular formula is C23H25NO3. The molecule has 0 fully saturated rings. The number of hydrogen-bond acceptors (Lipinski definition) is 4. The zero-order valence-electron chi connectivity index (χ0n) is 16.4. The summed E-state index contributed by atoms with van der Waals surface area (Å²) in [6, 6.07) is 10.0. The van der Waals surface area contributed by atoms with Gasteiger partial charge in [0.05, 0.1) is 24.1 Å². The number of carbonyl (C=O) groups excluding carboxylic acids is 1. The van der Waals surface area contributed by atoms with E-state index in [0.29, 0.717) is 0 Å². The Bertz CT molecular complexity index is 958. The van der Waals surface area contributed by atoms with Crippen LogP contribution in [0.5, 0.6) is 11.5 Å².